The monoisotopic (exact) mass is 385 g/mol. The number of Topliss-reactive ketones (excluding diaryl/α,β-unsaturated/α-hetero) is 1. The highest BCUT2D eigenvalue weighted by atomic mass is 16.5. The summed E-state index contributed by atoms with van der Waals surface area (Å²) in [6.45, 7) is 6.19. The van der Waals surface area contributed by atoms with Crippen molar-refractivity contribution in [3.8, 4) is 0 Å². The van der Waals surface area contributed by atoms with Crippen LogP contribution >= 0.6 is 0 Å². The Hall–Kier alpha value is -1.84. The number of hydrogen-bond acceptors (Lipinski definition) is 4. The third-order valence-electron chi connectivity index (χ3n) is 7.54. The molecule has 0 aliphatic heterocycles. The number of methoxy groups -OCH3 is 1. The van der Waals surface area contributed by atoms with E-state index in [1.165, 1.54) is 18.2 Å². The predicted octanol–water partition coefficient (Wildman–Crippen LogP) is 4.90. The highest BCUT2D eigenvalue weighted by Gasteiger charge is 2.58. The number of hydrogen-bond donors (Lipinski definition) is 1. The van der Waals surface area contributed by atoms with Crippen molar-refractivity contribution in [2.75, 3.05) is 12.8 Å². The number of aryl methyl sites for hydroxylation is 1. The number of benzene rings is 1. The summed E-state index contributed by atoms with van der Waals surface area (Å²) >= 11 is 0. The van der Waals surface area contributed by atoms with Gasteiger partial charge in [-0.1, -0.05) is 26.8 Å². The van der Waals surface area contributed by atoms with Gasteiger partial charge in [0.2, 0.25) is 0 Å². The topological polar surface area (TPSA) is 69.4 Å². The molecule has 2 saturated carbocycles. The molecule has 1 aromatic rings. The lowest BCUT2D eigenvalue weighted by Crippen LogP contribution is -2.44. The zero-order valence-corrected chi connectivity index (χ0v) is 17.8. The van der Waals surface area contributed by atoms with Crippen LogP contribution in [0.15, 0.2) is 18.2 Å². The number of ketones is 1. The minimum atomic E-state index is -0.201. The summed E-state index contributed by atoms with van der Waals surface area (Å²) in [5, 5.41) is 0. The van der Waals surface area contributed by atoms with Crippen LogP contribution < -0.4 is 5.73 Å². The molecule has 5 unspecified atom stereocenters. The number of esters is 1. The van der Waals surface area contributed by atoms with Crippen LogP contribution in [0.2, 0.25) is 0 Å². The molecular formula is C24H35NO3. The summed E-state index contributed by atoms with van der Waals surface area (Å²) in [7, 11) is 1.44. The SMILES string of the molecule is CC.COC(=O)CCC1CC(=O)C2(C)CCC3c4ccc(N)cc4CCC3C12. The first-order valence-electron chi connectivity index (χ1n) is 10.9. The smallest absolute Gasteiger partial charge is 0.305 e. The molecule has 2 N–H and O–H groups in total. The van der Waals surface area contributed by atoms with Crippen molar-refractivity contribution in [2.24, 2.45) is 23.2 Å². The Morgan fingerprint density at radius 2 is 2.04 bits per heavy atom. The molecule has 5 atom stereocenters. The molecule has 2 fully saturated rings. The second kappa shape index (κ2) is 8.26. The standard InChI is InChI=1S/C22H29NO3.C2H6/c1-22-10-9-17-16-7-5-15(23)11-13(16)3-6-18(17)21(22)14(12-19(22)24)4-8-20(25)26-2;1-2/h5,7,11,14,17-18,21H,3-4,6,8-10,12,23H2,1-2H3;1-2H3. The van der Waals surface area contributed by atoms with Gasteiger partial charge in [-0.3, -0.25) is 9.59 Å². The summed E-state index contributed by atoms with van der Waals surface area (Å²) in [6, 6.07) is 6.36. The van der Waals surface area contributed by atoms with Gasteiger partial charge in [-0.15, -0.1) is 0 Å². The van der Waals surface area contributed by atoms with Gasteiger partial charge in [0.1, 0.15) is 5.78 Å². The van der Waals surface area contributed by atoms with Gasteiger partial charge >= 0.3 is 5.97 Å². The lowest BCUT2D eigenvalue weighted by Gasteiger charge is -2.50. The van der Waals surface area contributed by atoms with E-state index in [1.807, 2.05) is 19.9 Å². The van der Waals surface area contributed by atoms with Crippen LogP contribution in [0.25, 0.3) is 0 Å². The highest BCUT2D eigenvalue weighted by Crippen LogP contribution is 2.62. The number of carbonyl (C=O) groups is 2. The minimum absolute atomic E-state index is 0.164. The van der Waals surface area contributed by atoms with Gasteiger partial charge in [0, 0.05) is 23.9 Å². The van der Waals surface area contributed by atoms with Crippen LogP contribution in [0.5, 0.6) is 0 Å². The summed E-state index contributed by atoms with van der Waals surface area (Å²) in [5.41, 5.74) is 9.47. The molecule has 0 heterocycles. The second-order valence-electron chi connectivity index (χ2n) is 8.75. The van der Waals surface area contributed by atoms with E-state index < -0.39 is 0 Å². The summed E-state index contributed by atoms with van der Waals surface area (Å²) in [5.74, 6) is 2.03. The van der Waals surface area contributed by atoms with Crippen molar-refractivity contribution >= 4 is 17.4 Å². The number of anilines is 1. The van der Waals surface area contributed by atoms with Crippen molar-refractivity contribution in [2.45, 2.75) is 71.6 Å². The molecule has 0 aromatic heterocycles. The number of ether oxygens (including phenoxy) is 1. The van der Waals surface area contributed by atoms with Crippen molar-refractivity contribution in [1.29, 1.82) is 0 Å². The number of nitrogens with two attached hydrogens (primary N) is 1. The van der Waals surface area contributed by atoms with Crippen LogP contribution in [0.4, 0.5) is 5.69 Å². The van der Waals surface area contributed by atoms with E-state index in [-0.39, 0.29) is 11.4 Å². The first kappa shape index (κ1) is 20.9. The van der Waals surface area contributed by atoms with Crippen molar-refractivity contribution in [1.82, 2.24) is 0 Å². The Morgan fingerprint density at radius 3 is 2.75 bits per heavy atom. The largest absolute Gasteiger partial charge is 0.469 e. The van der Waals surface area contributed by atoms with Crippen molar-refractivity contribution < 1.29 is 14.3 Å². The lowest BCUT2D eigenvalue weighted by molar-refractivity contribution is -0.141. The first-order chi connectivity index (χ1) is 13.4. The van der Waals surface area contributed by atoms with Gasteiger partial charge in [-0.2, -0.15) is 0 Å². The summed E-state index contributed by atoms with van der Waals surface area (Å²) < 4.78 is 4.83. The van der Waals surface area contributed by atoms with E-state index >= 15 is 0 Å². The molecule has 28 heavy (non-hydrogen) atoms. The molecule has 3 aliphatic carbocycles. The van der Waals surface area contributed by atoms with Gasteiger partial charge < -0.3 is 10.5 Å². The van der Waals surface area contributed by atoms with Crippen LogP contribution in [0.3, 0.4) is 0 Å². The molecular weight excluding hydrogens is 350 g/mol. The molecule has 1 aromatic carbocycles. The Morgan fingerprint density at radius 1 is 1.29 bits per heavy atom. The summed E-state index contributed by atoms with van der Waals surface area (Å²) in [6.07, 6.45) is 6.06. The van der Waals surface area contributed by atoms with E-state index in [9.17, 15) is 9.59 Å². The number of carbonyl (C=O) groups excluding carboxylic acids is 2. The number of rotatable bonds is 3. The Bertz CT molecular complexity index is 743. The molecule has 3 aliphatic rings. The Labute approximate surface area is 169 Å². The molecule has 154 valence electrons. The molecule has 4 heteroatoms. The predicted molar refractivity (Wildman–Crippen MR) is 112 cm³/mol. The fraction of sp³-hybridized carbons (Fsp3) is 0.667. The molecule has 0 radical (unpaired) electrons. The van der Waals surface area contributed by atoms with Crippen LogP contribution in [-0.2, 0) is 20.7 Å². The molecule has 4 nitrogen and oxygen atoms in total. The van der Waals surface area contributed by atoms with E-state index in [0.717, 1.165) is 37.8 Å². The Kier molecular flexibility index (Phi) is 6.16. The zero-order valence-electron chi connectivity index (χ0n) is 17.8. The fourth-order valence-electron chi connectivity index (χ4n) is 6.33. The van der Waals surface area contributed by atoms with Gasteiger partial charge in [0.05, 0.1) is 7.11 Å². The third kappa shape index (κ3) is 3.46. The lowest BCUT2D eigenvalue weighted by atomic mass is 9.54. The van der Waals surface area contributed by atoms with Crippen LogP contribution in [0, 0.1) is 23.2 Å². The second-order valence-corrected chi connectivity index (χ2v) is 8.75. The van der Waals surface area contributed by atoms with Gasteiger partial charge in [0.15, 0.2) is 0 Å². The number of fused-ring (bicyclic) bond motifs is 5. The third-order valence-corrected chi connectivity index (χ3v) is 7.54. The summed E-state index contributed by atoms with van der Waals surface area (Å²) in [4.78, 5) is 24.5. The molecule has 0 amide bonds. The van der Waals surface area contributed by atoms with Crippen LogP contribution in [0.1, 0.15) is 76.3 Å². The van der Waals surface area contributed by atoms with Crippen LogP contribution in [-0.4, -0.2) is 18.9 Å². The van der Waals surface area contributed by atoms with E-state index in [2.05, 4.69) is 19.1 Å². The molecule has 4 rings (SSSR count). The van der Waals surface area contributed by atoms with Crippen molar-refractivity contribution in [3.63, 3.8) is 0 Å². The van der Waals surface area contributed by atoms with E-state index in [0.29, 0.717) is 42.3 Å². The maximum absolute atomic E-state index is 12.9. The van der Waals surface area contributed by atoms with Gasteiger partial charge in [-0.25, -0.2) is 0 Å². The van der Waals surface area contributed by atoms with Crippen molar-refractivity contribution in [3.05, 3.63) is 29.3 Å². The average Bonchev–Trinajstić information content (AvgIpc) is 2.97. The maximum Gasteiger partial charge on any atom is 0.305 e. The van der Waals surface area contributed by atoms with Gasteiger partial charge in [-0.05, 0) is 79.0 Å². The highest BCUT2D eigenvalue weighted by molar-refractivity contribution is 5.87. The first-order valence-corrected chi connectivity index (χ1v) is 10.9. The van der Waals surface area contributed by atoms with E-state index in [1.54, 1.807) is 0 Å². The quantitative estimate of drug-likeness (QED) is 0.593. The number of nitrogen functional groups attached to an aromatic ring is 1. The Balaban J connectivity index is 0.00000109. The molecule has 0 spiro atoms. The molecule has 0 bridgehead atoms. The van der Waals surface area contributed by atoms with Gasteiger partial charge in [0.25, 0.3) is 0 Å². The maximum atomic E-state index is 12.9. The van der Waals surface area contributed by atoms with E-state index in [4.69, 9.17) is 10.5 Å². The zero-order chi connectivity index (χ0) is 20.5. The fourth-order valence-corrected chi connectivity index (χ4v) is 6.33. The normalized spacial score (nSPS) is 33.1. The molecule has 0 saturated heterocycles. The minimum Gasteiger partial charge on any atom is -0.469 e. The average molecular weight is 386 g/mol.